The monoisotopic (exact) mass is 448 g/mol. The van der Waals surface area contributed by atoms with E-state index in [1.807, 2.05) is 18.2 Å². The van der Waals surface area contributed by atoms with Gasteiger partial charge in [0.2, 0.25) is 5.91 Å². The second-order valence-corrected chi connectivity index (χ2v) is 7.92. The molecule has 0 fully saturated rings. The zero-order valence-electron chi connectivity index (χ0n) is 17.3. The number of amides is 2. The number of nitrogens with zero attached hydrogens (tertiary/aromatic N) is 1. The van der Waals surface area contributed by atoms with Crippen molar-refractivity contribution in [2.45, 2.75) is 11.8 Å². The fourth-order valence-electron chi connectivity index (χ4n) is 3.88. The second-order valence-electron chi connectivity index (χ2n) is 7.48. The number of nitrogens with one attached hydrogen (secondary N) is 1. The molecule has 162 valence electrons. The smallest absolute Gasteiger partial charge is 0.252 e. The molecule has 2 amide bonds. The van der Waals surface area contributed by atoms with Crippen LogP contribution >= 0.6 is 11.6 Å². The third kappa shape index (κ3) is 3.78. The van der Waals surface area contributed by atoms with Crippen LogP contribution < -0.4 is 21.5 Å². The van der Waals surface area contributed by atoms with E-state index in [0.29, 0.717) is 39.0 Å². The minimum absolute atomic E-state index is 0.191. The molecule has 1 aliphatic carbocycles. The summed E-state index contributed by atoms with van der Waals surface area (Å²) in [5, 5.41) is 3.81. The molecule has 1 unspecified atom stereocenters. The minimum Gasteiger partial charge on any atom is -0.497 e. The molecule has 3 aromatic rings. The van der Waals surface area contributed by atoms with Gasteiger partial charge in [0.25, 0.3) is 5.91 Å². The molecule has 0 bridgehead atoms. The first kappa shape index (κ1) is 21.4. The van der Waals surface area contributed by atoms with Crippen molar-refractivity contribution in [1.82, 2.24) is 4.98 Å². The molecular formula is C24H21ClN4O3. The number of anilines is 2. The summed E-state index contributed by atoms with van der Waals surface area (Å²) in [5.74, 6) is -0.527. The number of hydrogen-bond acceptors (Lipinski definition) is 5. The van der Waals surface area contributed by atoms with Gasteiger partial charge in [0.15, 0.2) is 0 Å². The SMILES string of the molecule is COc1cccc(Nc2c(C(N)=O)cnc3c2CC(C(N)=O)(c2ccc(Cl)cc2)C=C3)c1. The Morgan fingerprint density at radius 2 is 1.91 bits per heavy atom. The van der Waals surface area contributed by atoms with Crippen molar-refractivity contribution in [1.29, 1.82) is 0 Å². The Morgan fingerprint density at radius 3 is 2.56 bits per heavy atom. The number of rotatable bonds is 6. The largest absolute Gasteiger partial charge is 0.497 e. The number of carbonyl (C=O) groups excluding carboxylic acids is 2. The van der Waals surface area contributed by atoms with Crippen molar-refractivity contribution >= 4 is 40.9 Å². The second kappa shape index (κ2) is 8.36. The fourth-order valence-corrected chi connectivity index (χ4v) is 4.01. The lowest BCUT2D eigenvalue weighted by atomic mass is 9.71. The molecular weight excluding hydrogens is 428 g/mol. The van der Waals surface area contributed by atoms with Gasteiger partial charge < -0.3 is 21.5 Å². The van der Waals surface area contributed by atoms with Gasteiger partial charge >= 0.3 is 0 Å². The number of fused-ring (bicyclic) bond motifs is 1. The molecule has 0 aliphatic heterocycles. The number of halogens is 1. The van der Waals surface area contributed by atoms with E-state index >= 15 is 0 Å². The van der Waals surface area contributed by atoms with Crippen LogP contribution in [0.15, 0.2) is 60.8 Å². The van der Waals surface area contributed by atoms with Crippen molar-refractivity contribution < 1.29 is 14.3 Å². The van der Waals surface area contributed by atoms with Crippen LogP contribution in [0.1, 0.15) is 27.2 Å². The Morgan fingerprint density at radius 1 is 1.16 bits per heavy atom. The van der Waals surface area contributed by atoms with Gasteiger partial charge in [-0.3, -0.25) is 14.6 Å². The lowest BCUT2D eigenvalue weighted by molar-refractivity contribution is -0.121. The molecule has 32 heavy (non-hydrogen) atoms. The summed E-state index contributed by atoms with van der Waals surface area (Å²) < 4.78 is 5.29. The van der Waals surface area contributed by atoms with Crippen molar-refractivity contribution in [2.75, 3.05) is 12.4 Å². The standard InChI is InChI=1S/C24H21ClN4O3/c1-32-17-4-2-3-16(11-17)29-21-18-12-24(23(27)31,14-5-7-15(25)8-6-14)10-9-20(18)28-13-19(21)22(26)30/h2-11,13H,12H2,1H3,(H2,26,30)(H2,27,31)(H,28,29). The highest BCUT2D eigenvalue weighted by atomic mass is 35.5. The van der Waals surface area contributed by atoms with E-state index in [1.54, 1.807) is 49.6 Å². The maximum absolute atomic E-state index is 12.7. The normalized spacial score (nSPS) is 16.8. The summed E-state index contributed by atoms with van der Waals surface area (Å²) in [5.41, 5.74) is 13.7. The van der Waals surface area contributed by atoms with E-state index in [0.717, 1.165) is 0 Å². The maximum atomic E-state index is 12.7. The van der Waals surface area contributed by atoms with Crippen molar-refractivity contribution in [3.8, 4) is 5.75 Å². The van der Waals surface area contributed by atoms with Crippen molar-refractivity contribution in [3.63, 3.8) is 0 Å². The van der Waals surface area contributed by atoms with Crippen LogP contribution in [-0.2, 0) is 16.6 Å². The lowest BCUT2D eigenvalue weighted by Crippen LogP contribution is -2.43. The van der Waals surface area contributed by atoms with Crippen LogP contribution in [0, 0.1) is 0 Å². The molecule has 1 heterocycles. The van der Waals surface area contributed by atoms with Crippen molar-refractivity contribution in [3.05, 3.63) is 88.2 Å². The van der Waals surface area contributed by atoms with E-state index in [4.69, 9.17) is 27.8 Å². The van der Waals surface area contributed by atoms with E-state index in [1.165, 1.54) is 6.20 Å². The molecule has 0 saturated heterocycles. The average molecular weight is 449 g/mol. The highest BCUT2D eigenvalue weighted by molar-refractivity contribution is 6.30. The lowest BCUT2D eigenvalue weighted by Gasteiger charge is -2.33. The summed E-state index contributed by atoms with van der Waals surface area (Å²) in [7, 11) is 1.57. The molecule has 1 atom stereocenters. The number of pyridine rings is 1. The highest BCUT2D eigenvalue weighted by Gasteiger charge is 2.40. The van der Waals surface area contributed by atoms with Crippen LogP contribution in [0.5, 0.6) is 5.75 Å². The fraction of sp³-hybridized carbons (Fsp3) is 0.125. The van der Waals surface area contributed by atoms with E-state index in [2.05, 4.69) is 10.3 Å². The number of carbonyl (C=O) groups is 2. The first-order valence-electron chi connectivity index (χ1n) is 9.82. The Labute approximate surface area is 190 Å². The highest BCUT2D eigenvalue weighted by Crippen LogP contribution is 2.40. The number of hydrogen-bond donors (Lipinski definition) is 3. The molecule has 7 nitrogen and oxygen atoms in total. The number of methoxy groups -OCH3 is 1. The van der Waals surface area contributed by atoms with Crippen LogP contribution in [0.2, 0.25) is 5.02 Å². The summed E-state index contributed by atoms with van der Waals surface area (Å²) >= 11 is 6.04. The first-order valence-corrected chi connectivity index (χ1v) is 10.2. The van der Waals surface area contributed by atoms with Gasteiger partial charge in [-0.1, -0.05) is 35.9 Å². The van der Waals surface area contributed by atoms with Gasteiger partial charge in [0.05, 0.1) is 29.5 Å². The predicted molar refractivity (Wildman–Crippen MR) is 124 cm³/mol. The van der Waals surface area contributed by atoms with Gasteiger partial charge in [-0.25, -0.2) is 0 Å². The van der Waals surface area contributed by atoms with Crippen LogP contribution in [0.4, 0.5) is 11.4 Å². The summed E-state index contributed by atoms with van der Waals surface area (Å²) in [6.07, 6.45) is 5.09. The van der Waals surface area contributed by atoms with Crippen LogP contribution in [0.25, 0.3) is 6.08 Å². The summed E-state index contributed by atoms with van der Waals surface area (Å²) in [6, 6.07) is 14.2. The third-order valence-electron chi connectivity index (χ3n) is 5.60. The quantitative estimate of drug-likeness (QED) is 0.532. The Bertz CT molecular complexity index is 1240. The number of ether oxygens (including phenoxy) is 1. The third-order valence-corrected chi connectivity index (χ3v) is 5.85. The van der Waals surface area contributed by atoms with Crippen LogP contribution in [0.3, 0.4) is 0 Å². The minimum atomic E-state index is -1.14. The number of nitrogens with two attached hydrogens (primary N) is 2. The summed E-state index contributed by atoms with van der Waals surface area (Å²) in [4.78, 5) is 29.3. The van der Waals surface area contributed by atoms with Gasteiger partial charge in [0, 0.05) is 28.5 Å². The molecule has 0 saturated carbocycles. The molecule has 5 N–H and O–H groups in total. The van der Waals surface area contributed by atoms with Gasteiger partial charge in [0.1, 0.15) is 5.75 Å². The number of benzene rings is 2. The topological polar surface area (TPSA) is 120 Å². The first-order chi connectivity index (χ1) is 15.3. The predicted octanol–water partition coefficient (Wildman–Crippen LogP) is 3.58. The average Bonchev–Trinajstić information content (AvgIpc) is 2.79. The summed E-state index contributed by atoms with van der Waals surface area (Å²) in [6.45, 7) is 0. The van der Waals surface area contributed by atoms with E-state index in [9.17, 15) is 9.59 Å². The Hall–Kier alpha value is -3.84. The molecule has 2 aromatic carbocycles. The van der Waals surface area contributed by atoms with Gasteiger partial charge in [-0.05, 0) is 42.3 Å². The maximum Gasteiger partial charge on any atom is 0.252 e. The number of primary amides is 2. The molecule has 1 aliphatic rings. The van der Waals surface area contributed by atoms with Gasteiger partial charge in [-0.15, -0.1) is 0 Å². The Balaban J connectivity index is 1.87. The molecule has 0 radical (unpaired) electrons. The molecule has 8 heteroatoms. The number of aromatic nitrogens is 1. The van der Waals surface area contributed by atoms with E-state index in [-0.39, 0.29) is 12.0 Å². The van der Waals surface area contributed by atoms with E-state index < -0.39 is 17.2 Å². The van der Waals surface area contributed by atoms with Gasteiger partial charge in [-0.2, -0.15) is 0 Å². The zero-order valence-corrected chi connectivity index (χ0v) is 18.0. The van der Waals surface area contributed by atoms with Crippen LogP contribution in [-0.4, -0.2) is 23.9 Å². The molecule has 1 aromatic heterocycles. The zero-order chi connectivity index (χ0) is 22.9. The molecule has 0 spiro atoms. The Kier molecular flexibility index (Phi) is 5.59. The van der Waals surface area contributed by atoms with Crippen molar-refractivity contribution in [2.24, 2.45) is 11.5 Å². The molecule has 4 rings (SSSR count).